The smallest absolute Gasteiger partial charge is 0.326 e. The molecule has 0 aliphatic rings. The summed E-state index contributed by atoms with van der Waals surface area (Å²) >= 11 is 12.9. The Bertz CT molecular complexity index is 2700. The second-order valence-electron chi connectivity index (χ2n) is 12.9. The van der Waals surface area contributed by atoms with Crippen LogP contribution in [-0.2, 0) is 19.1 Å². The topological polar surface area (TPSA) is 164 Å². The van der Waals surface area contributed by atoms with Crippen molar-refractivity contribution in [2.75, 3.05) is 13.2 Å². The van der Waals surface area contributed by atoms with E-state index in [1.165, 1.54) is 12.4 Å². The van der Waals surface area contributed by atoms with Crippen LogP contribution in [0, 0.1) is 17.9 Å². The minimum Gasteiger partial charge on any atom is -0.465 e. The highest BCUT2D eigenvalue weighted by atomic mass is 35.5. The van der Waals surface area contributed by atoms with Crippen molar-refractivity contribution >= 4 is 40.8 Å². The summed E-state index contributed by atoms with van der Waals surface area (Å²) in [5.74, 6) is 0.559. The lowest BCUT2D eigenvalue weighted by Gasteiger charge is -2.13. The molecule has 0 saturated heterocycles. The van der Waals surface area contributed by atoms with E-state index < -0.39 is 17.9 Å². The molecular weight excluding hydrogens is 851 g/mol. The van der Waals surface area contributed by atoms with Gasteiger partial charge in [0.25, 0.3) is 0 Å². The quantitative estimate of drug-likeness (QED) is 0.0537. The molecule has 3 aromatic heterocycles. The number of para-hydroxylation sites is 2. The number of rotatable bonds is 12. The molecule has 0 unspecified atom stereocenters. The fourth-order valence-corrected chi connectivity index (χ4v) is 6.34. The number of halogens is 2. The molecule has 0 atom stereocenters. The van der Waals surface area contributed by atoms with Gasteiger partial charge in [-0.2, -0.15) is 5.26 Å². The second kappa shape index (κ2) is 24.4. The lowest BCUT2D eigenvalue weighted by Crippen LogP contribution is -2.26. The molecule has 7 rings (SSSR count). The second-order valence-corrected chi connectivity index (χ2v) is 13.7. The SMILES string of the molecule is CCOC(=O)C(C(=O)OCC)c1ccccn1.N#Cc1c(-c2ccc(Oc3ccccc3)cc2)nc(Cl)c(-c2ccccn2)c1Cl.[C-]#[N+]/C=C(\N)c1ccc(Oc2ccccc2)cc1. The van der Waals surface area contributed by atoms with Gasteiger partial charge in [0, 0.05) is 23.7 Å². The number of esters is 2. The van der Waals surface area contributed by atoms with E-state index in [0.29, 0.717) is 39.7 Å². The fraction of sp³-hybridized carbons (Fsp3) is 0.100. The largest absolute Gasteiger partial charge is 0.465 e. The third-order valence-electron chi connectivity index (χ3n) is 8.63. The summed E-state index contributed by atoms with van der Waals surface area (Å²) < 4.78 is 21.1. The molecule has 4 aromatic carbocycles. The van der Waals surface area contributed by atoms with E-state index >= 15 is 0 Å². The van der Waals surface area contributed by atoms with E-state index in [0.717, 1.165) is 22.8 Å². The minimum atomic E-state index is -1.10. The van der Waals surface area contributed by atoms with Crippen molar-refractivity contribution in [2.45, 2.75) is 19.8 Å². The van der Waals surface area contributed by atoms with Crippen LogP contribution < -0.4 is 15.2 Å². The highest BCUT2D eigenvalue weighted by Gasteiger charge is 2.32. The van der Waals surface area contributed by atoms with Crippen molar-refractivity contribution in [3.8, 4) is 51.6 Å². The van der Waals surface area contributed by atoms with Gasteiger partial charge in [-0.05, 0) is 104 Å². The summed E-state index contributed by atoms with van der Waals surface area (Å²) in [5, 5.41) is 10.1. The maximum atomic E-state index is 11.7. The van der Waals surface area contributed by atoms with Crippen molar-refractivity contribution < 1.29 is 28.5 Å². The standard InChI is InChI=1S/C23H13Cl2N3O.C15H12N2O.C12H15NO4/c24-21-18(14-26)22(28-23(25)20(21)19-8-4-5-13-27-19)15-9-11-17(12-10-15)29-16-6-2-1-3-7-16;1-17-11-15(16)12-7-9-14(10-8-12)18-13-5-3-2-4-6-13;1-3-16-11(14)10(12(15)17-4-2)9-7-5-6-8-13-9/h1-13H;2-11H,16H2;5-8,10H,3-4H2,1-2H3/b;15-11-;. The number of hydrogen-bond donors (Lipinski definition) is 1. The molecule has 14 heteroatoms. The van der Waals surface area contributed by atoms with Crippen molar-refractivity contribution in [1.82, 2.24) is 15.0 Å². The lowest BCUT2D eigenvalue weighted by atomic mass is 10.0. The average Bonchev–Trinajstić information content (AvgIpc) is 3.31. The first kappa shape index (κ1) is 47.0. The molecule has 64 heavy (non-hydrogen) atoms. The molecule has 0 aliphatic heterocycles. The minimum absolute atomic E-state index is 0.187. The molecule has 0 amide bonds. The van der Waals surface area contributed by atoms with E-state index in [1.54, 1.807) is 62.5 Å². The molecule has 2 N–H and O–H groups in total. The van der Waals surface area contributed by atoms with E-state index in [4.69, 9.17) is 54.5 Å². The normalized spacial score (nSPS) is 10.4. The van der Waals surface area contributed by atoms with E-state index in [9.17, 15) is 14.9 Å². The van der Waals surface area contributed by atoms with Crippen LogP contribution in [0.15, 0.2) is 164 Å². The summed E-state index contributed by atoms with van der Waals surface area (Å²) in [7, 11) is 0. The molecule has 0 aliphatic carbocycles. The maximum Gasteiger partial charge on any atom is 0.326 e. The van der Waals surface area contributed by atoms with Gasteiger partial charge in [-0.1, -0.05) is 83.9 Å². The van der Waals surface area contributed by atoms with Gasteiger partial charge in [-0.3, -0.25) is 19.6 Å². The molecule has 3 heterocycles. The maximum absolute atomic E-state index is 11.7. The zero-order valence-corrected chi connectivity index (χ0v) is 36.1. The lowest BCUT2D eigenvalue weighted by molar-refractivity contribution is -0.157. The molecule has 12 nitrogen and oxygen atoms in total. The number of benzene rings is 4. The predicted octanol–water partition coefficient (Wildman–Crippen LogP) is 11.7. The molecule has 0 radical (unpaired) electrons. The number of nitrogens with zero attached hydrogens (tertiary/aromatic N) is 5. The van der Waals surface area contributed by atoms with Crippen LogP contribution in [0.2, 0.25) is 10.2 Å². The van der Waals surface area contributed by atoms with Gasteiger partial charge in [0.1, 0.15) is 34.2 Å². The number of carbonyl (C=O) groups excluding carboxylic acids is 2. The first-order valence-corrected chi connectivity index (χ1v) is 20.4. The fourth-order valence-electron chi connectivity index (χ4n) is 5.69. The molecule has 320 valence electrons. The Morgan fingerprint density at radius 2 is 1.22 bits per heavy atom. The number of nitriles is 1. The van der Waals surface area contributed by atoms with Crippen molar-refractivity contribution in [3.05, 3.63) is 203 Å². The number of ether oxygens (including phenoxy) is 4. The Morgan fingerprint density at radius 1 is 0.719 bits per heavy atom. The van der Waals surface area contributed by atoms with Crippen molar-refractivity contribution in [2.24, 2.45) is 5.73 Å². The Morgan fingerprint density at radius 3 is 1.69 bits per heavy atom. The van der Waals surface area contributed by atoms with Crippen molar-refractivity contribution in [1.29, 1.82) is 5.26 Å². The van der Waals surface area contributed by atoms with Crippen LogP contribution in [0.25, 0.3) is 33.1 Å². The van der Waals surface area contributed by atoms with Crippen molar-refractivity contribution in [3.63, 3.8) is 0 Å². The van der Waals surface area contributed by atoms with Gasteiger partial charge >= 0.3 is 11.9 Å². The zero-order valence-electron chi connectivity index (χ0n) is 34.6. The Balaban J connectivity index is 0.000000191. The summed E-state index contributed by atoms with van der Waals surface area (Å²) in [5.41, 5.74) is 9.68. The zero-order chi connectivity index (χ0) is 45.7. The summed E-state index contributed by atoms with van der Waals surface area (Å²) in [6.45, 7) is 10.5. The van der Waals surface area contributed by atoms with E-state index in [2.05, 4.69) is 25.9 Å². The number of nitrogens with two attached hydrogens (primary N) is 1. The van der Waals surface area contributed by atoms with Crippen LogP contribution in [0.4, 0.5) is 0 Å². The molecular formula is C50H40Cl2N6O6. The Kier molecular flexibility index (Phi) is 17.9. The average molecular weight is 892 g/mol. The number of pyridine rings is 3. The number of carbonyl (C=O) groups is 2. The van der Waals surface area contributed by atoms with Gasteiger partial charge in [-0.15, -0.1) is 0 Å². The highest BCUT2D eigenvalue weighted by Crippen LogP contribution is 2.39. The predicted molar refractivity (Wildman–Crippen MR) is 246 cm³/mol. The molecule has 0 fully saturated rings. The number of aromatic nitrogens is 3. The van der Waals surface area contributed by atoms with Gasteiger partial charge in [0.2, 0.25) is 0 Å². The van der Waals surface area contributed by atoms with Crippen LogP contribution >= 0.6 is 23.2 Å². The third kappa shape index (κ3) is 13.2. The Hall–Kier alpha value is -8.03. The van der Waals surface area contributed by atoms with Gasteiger partial charge < -0.3 is 24.7 Å². The first-order valence-electron chi connectivity index (χ1n) is 19.6. The van der Waals surface area contributed by atoms with Crippen LogP contribution in [0.5, 0.6) is 23.0 Å². The molecule has 0 saturated carbocycles. The summed E-state index contributed by atoms with van der Waals surface area (Å²) in [4.78, 5) is 39.2. The Labute approximate surface area is 380 Å². The first-order chi connectivity index (χ1) is 31.2. The third-order valence-corrected chi connectivity index (χ3v) is 9.28. The van der Waals surface area contributed by atoms with Gasteiger partial charge in [-0.25, -0.2) is 9.83 Å². The summed E-state index contributed by atoms with van der Waals surface area (Å²) in [6, 6.07) is 46.1. The van der Waals surface area contributed by atoms with Crippen LogP contribution in [0.3, 0.4) is 0 Å². The van der Waals surface area contributed by atoms with Gasteiger partial charge in [0.15, 0.2) is 12.1 Å². The highest BCUT2D eigenvalue weighted by molar-refractivity contribution is 6.39. The molecule has 7 aromatic rings. The van der Waals surface area contributed by atoms with Crippen LogP contribution in [0.1, 0.15) is 36.6 Å². The molecule has 0 spiro atoms. The van der Waals surface area contributed by atoms with E-state index in [-0.39, 0.29) is 29.0 Å². The van der Waals surface area contributed by atoms with Crippen LogP contribution in [-0.4, -0.2) is 40.1 Å². The molecule has 0 bridgehead atoms. The van der Waals surface area contributed by atoms with E-state index in [1.807, 2.05) is 103 Å². The monoisotopic (exact) mass is 890 g/mol. The summed E-state index contributed by atoms with van der Waals surface area (Å²) in [6.07, 6.45) is 4.45. The van der Waals surface area contributed by atoms with Gasteiger partial charge in [0.05, 0.1) is 53.0 Å². The number of hydrogen-bond acceptors (Lipinski definition) is 11.